The van der Waals surface area contributed by atoms with Gasteiger partial charge >= 0.3 is 0 Å². The fourth-order valence-electron chi connectivity index (χ4n) is 0.387. The molecular weight excluding hydrogens is 110 g/mol. The Morgan fingerprint density at radius 3 is 1.62 bits per heavy atom. The van der Waals surface area contributed by atoms with Gasteiger partial charge in [0.25, 0.3) is 11.8 Å². The molecule has 1 radical (unpaired) electrons. The van der Waals surface area contributed by atoms with Crippen molar-refractivity contribution in [1.29, 1.82) is 0 Å². The summed E-state index contributed by atoms with van der Waals surface area (Å²) in [5.74, 6) is -1.59. The first-order chi connectivity index (χ1) is 3.72. The van der Waals surface area contributed by atoms with Gasteiger partial charge in [0.1, 0.15) is 0 Å². The molecule has 2 amide bonds. The quantitative estimate of drug-likeness (QED) is 0.387. The zero-order chi connectivity index (χ0) is 6.15. The van der Waals surface area contributed by atoms with E-state index in [1.54, 1.807) is 0 Å². The maximum atomic E-state index is 10.1. The number of rotatable bonds is 0. The normalized spacial score (nSPS) is 18.4. The van der Waals surface area contributed by atoms with E-state index in [9.17, 15) is 14.8 Å². The van der Waals surface area contributed by atoms with Crippen LogP contribution in [0.5, 0.6) is 0 Å². The molecule has 1 aliphatic rings. The highest BCUT2D eigenvalue weighted by molar-refractivity contribution is 6.11. The topological polar surface area (TPSA) is 57.3 Å². The van der Waals surface area contributed by atoms with E-state index in [0.717, 1.165) is 12.2 Å². The van der Waals surface area contributed by atoms with E-state index in [4.69, 9.17) is 0 Å². The monoisotopic (exact) mass is 112 g/mol. The molecule has 0 aromatic heterocycles. The van der Waals surface area contributed by atoms with Crippen LogP contribution in [0, 0.1) is 0 Å². The summed E-state index contributed by atoms with van der Waals surface area (Å²) in [7, 11) is 0. The van der Waals surface area contributed by atoms with Crippen molar-refractivity contribution >= 4 is 11.8 Å². The molecule has 0 saturated heterocycles. The van der Waals surface area contributed by atoms with Gasteiger partial charge in [-0.3, -0.25) is 9.59 Å². The number of hydrogen-bond acceptors (Lipinski definition) is 2. The molecule has 1 rings (SSSR count). The third kappa shape index (κ3) is 0.509. The van der Waals surface area contributed by atoms with E-state index in [-0.39, 0.29) is 5.06 Å². The first-order valence-electron chi connectivity index (χ1n) is 1.95. The first-order valence-corrected chi connectivity index (χ1v) is 1.95. The molecule has 0 aliphatic carbocycles. The molecular formula is C4H2NO3. The average molecular weight is 112 g/mol. The summed E-state index contributed by atoms with van der Waals surface area (Å²) >= 11 is 0. The molecule has 0 N–H and O–H groups in total. The lowest BCUT2D eigenvalue weighted by Crippen LogP contribution is -2.23. The minimum Gasteiger partial charge on any atom is -0.267 e. The lowest BCUT2D eigenvalue weighted by Gasteiger charge is -1.94. The standard InChI is InChI=1S/C4H2NO3/c6-3-1-2-4(7)5(3)8/h1-2H. The van der Waals surface area contributed by atoms with E-state index < -0.39 is 11.8 Å². The predicted octanol–water partition coefficient (Wildman–Crippen LogP) is -0.743. The average Bonchev–Trinajstić information content (AvgIpc) is 1.98. The minimum atomic E-state index is -0.796. The summed E-state index contributed by atoms with van der Waals surface area (Å²) < 4.78 is 0. The summed E-state index contributed by atoms with van der Waals surface area (Å²) in [5, 5.41) is 9.87. The van der Waals surface area contributed by atoms with Crippen molar-refractivity contribution < 1.29 is 14.8 Å². The van der Waals surface area contributed by atoms with Crippen LogP contribution in [0.25, 0.3) is 0 Å². The predicted molar refractivity (Wildman–Crippen MR) is 21.7 cm³/mol. The van der Waals surface area contributed by atoms with Crippen LogP contribution < -0.4 is 0 Å². The Bertz CT molecular complexity index is 154. The number of hydrogen-bond donors (Lipinski definition) is 0. The van der Waals surface area contributed by atoms with Gasteiger partial charge in [0, 0.05) is 12.2 Å². The zero-order valence-electron chi connectivity index (χ0n) is 3.83. The SMILES string of the molecule is [O]N1C(=O)C=CC1=O. The molecule has 0 fully saturated rings. The zero-order valence-corrected chi connectivity index (χ0v) is 3.83. The summed E-state index contributed by atoms with van der Waals surface area (Å²) in [5.41, 5.74) is 0. The lowest BCUT2D eigenvalue weighted by atomic mass is 10.6. The smallest absolute Gasteiger partial charge is 0.267 e. The van der Waals surface area contributed by atoms with Crippen molar-refractivity contribution in [3.8, 4) is 0 Å². The Hall–Kier alpha value is -1.16. The van der Waals surface area contributed by atoms with Crippen LogP contribution in [0.15, 0.2) is 12.2 Å². The van der Waals surface area contributed by atoms with Crippen LogP contribution in [0.2, 0.25) is 0 Å². The number of amides is 2. The van der Waals surface area contributed by atoms with E-state index >= 15 is 0 Å². The third-order valence-electron chi connectivity index (χ3n) is 0.769. The number of hydroxylamine groups is 2. The highest BCUT2D eigenvalue weighted by atomic mass is 16.5. The molecule has 41 valence electrons. The summed E-state index contributed by atoms with van der Waals surface area (Å²) in [6.07, 6.45) is 1.88. The van der Waals surface area contributed by atoms with Crippen LogP contribution in [0.3, 0.4) is 0 Å². The second-order valence-electron chi connectivity index (χ2n) is 1.30. The second kappa shape index (κ2) is 1.41. The number of carbonyl (C=O) groups excluding carboxylic acids is 2. The molecule has 1 aliphatic heterocycles. The van der Waals surface area contributed by atoms with Gasteiger partial charge in [-0.1, -0.05) is 5.21 Å². The number of carbonyl (C=O) groups is 2. The van der Waals surface area contributed by atoms with E-state index in [1.165, 1.54) is 0 Å². The Kier molecular flexibility index (Phi) is 0.881. The second-order valence-corrected chi connectivity index (χ2v) is 1.30. The van der Waals surface area contributed by atoms with Gasteiger partial charge in [0.05, 0.1) is 0 Å². The van der Waals surface area contributed by atoms with Crippen LogP contribution in [-0.2, 0) is 14.8 Å². The molecule has 0 spiro atoms. The summed E-state index contributed by atoms with van der Waals surface area (Å²) in [4.78, 5) is 20.2. The van der Waals surface area contributed by atoms with Crippen molar-refractivity contribution in [2.45, 2.75) is 0 Å². The molecule has 0 aromatic carbocycles. The third-order valence-corrected chi connectivity index (χ3v) is 0.769. The Labute approximate surface area is 45.0 Å². The maximum absolute atomic E-state index is 10.1. The van der Waals surface area contributed by atoms with E-state index in [2.05, 4.69) is 0 Å². The molecule has 1 heterocycles. The summed E-state index contributed by atoms with van der Waals surface area (Å²) in [6, 6.07) is 0. The molecule has 0 aromatic rings. The molecule has 0 bridgehead atoms. The van der Waals surface area contributed by atoms with Crippen LogP contribution in [0.1, 0.15) is 0 Å². The van der Waals surface area contributed by atoms with Gasteiger partial charge in [-0.15, -0.1) is 5.06 Å². The maximum Gasteiger partial charge on any atom is 0.280 e. The van der Waals surface area contributed by atoms with E-state index in [1.807, 2.05) is 0 Å². The molecule has 4 heteroatoms. The van der Waals surface area contributed by atoms with Crippen LogP contribution >= 0.6 is 0 Å². The van der Waals surface area contributed by atoms with Crippen LogP contribution in [0.4, 0.5) is 0 Å². The van der Waals surface area contributed by atoms with Crippen molar-refractivity contribution in [1.82, 2.24) is 5.06 Å². The lowest BCUT2D eigenvalue weighted by molar-refractivity contribution is -0.185. The molecule has 8 heavy (non-hydrogen) atoms. The molecule has 0 unspecified atom stereocenters. The van der Waals surface area contributed by atoms with Crippen molar-refractivity contribution in [2.75, 3.05) is 0 Å². The fraction of sp³-hybridized carbons (Fsp3) is 0. The van der Waals surface area contributed by atoms with Crippen molar-refractivity contribution in [3.05, 3.63) is 12.2 Å². The van der Waals surface area contributed by atoms with Crippen LogP contribution in [-0.4, -0.2) is 16.9 Å². The first kappa shape index (κ1) is 4.99. The Morgan fingerprint density at radius 1 is 1.12 bits per heavy atom. The van der Waals surface area contributed by atoms with Gasteiger partial charge < -0.3 is 0 Å². The van der Waals surface area contributed by atoms with Gasteiger partial charge in [-0.25, -0.2) is 0 Å². The number of nitrogens with zero attached hydrogens (tertiary/aromatic N) is 1. The van der Waals surface area contributed by atoms with E-state index in [0.29, 0.717) is 0 Å². The van der Waals surface area contributed by atoms with Gasteiger partial charge in [-0.2, -0.15) is 0 Å². The molecule has 0 atom stereocenters. The largest absolute Gasteiger partial charge is 0.280 e. The van der Waals surface area contributed by atoms with Gasteiger partial charge in [-0.05, 0) is 0 Å². The highest BCUT2D eigenvalue weighted by Gasteiger charge is 2.22. The Morgan fingerprint density at radius 2 is 1.50 bits per heavy atom. The summed E-state index contributed by atoms with van der Waals surface area (Å²) in [6.45, 7) is 0. The molecule has 4 nitrogen and oxygen atoms in total. The highest BCUT2D eigenvalue weighted by Crippen LogP contribution is 1.97. The fourth-order valence-corrected chi connectivity index (χ4v) is 0.387. The van der Waals surface area contributed by atoms with Gasteiger partial charge in [0.15, 0.2) is 0 Å². The van der Waals surface area contributed by atoms with Crippen molar-refractivity contribution in [2.24, 2.45) is 0 Å². The minimum absolute atomic E-state index is 0.194. The molecule has 0 saturated carbocycles. The Balaban J connectivity index is 2.84. The van der Waals surface area contributed by atoms with Gasteiger partial charge in [0.2, 0.25) is 0 Å². The number of imide groups is 1. The van der Waals surface area contributed by atoms with Crippen molar-refractivity contribution in [3.63, 3.8) is 0 Å².